The fourth-order valence-electron chi connectivity index (χ4n) is 2.73. The molecule has 0 fully saturated rings. The summed E-state index contributed by atoms with van der Waals surface area (Å²) < 4.78 is 12.9. The minimum absolute atomic E-state index is 0.0593. The Morgan fingerprint density at radius 2 is 1.96 bits per heavy atom. The van der Waals surface area contributed by atoms with Gasteiger partial charge in [-0.25, -0.2) is 4.99 Å². The van der Waals surface area contributed by atoms with Crippen molar-refractivity contribution in [1.82, 2.24) is 0 Å². The number of phenolic OH excluding ortho intramolecular Hbond substituents is 1. The molecular weight excluding hydrogens is 494 g/mol. The van der Waals surface area contributed by atoms with Gasteiger partial charge in [-0.3, -0.25) is 4.79 Å². The van der Waals surface area contributed by atoms with Gasteiger partial charge in [-0.1, -0.05) is 13.8 Å². The second-order valence-corrected chi connectivity index (χ2v) is 8.51. The van der Waals surface area contributed by atoms with Crippen LogP contribution in [0.1, 0.15) is 25.0 Å². The molecule has 0 amide bonds. The molecule has 1 aliphatic rings. The van der Waals surface area contributed by atoms with Crippen molar-refractivity contribution >= 4 is 43.7 Å². The molecule has 0 spiro atoms. The molecule has 2 aromatic carbocycles. The highest BCUT2D eigenvalue weighted by atomic mass is 79.9. The number of aromatic hydroxyl groups is 1. The summed E-state index contributed by atoms with van der Waals surface area (Å²) in [6.07, 6.45) is -0.0883. The Morgan fingerprint density at radius 1 is 1.29 bits per heavy atom. The van der Waals surface area contributed by atoms with Crippen LogP contribution in [0.25, 0.3) is 0 Å². The molecule has 148 valence electrons. The van der Waals surface area contributed by atoms with Gasteiger partial charge in [-0.15, -0.1) is 0 Å². The molecule has 0 saturated carbocycles. The SMILES string of the molecule is CC(C)C1COC(c2cc(Oc3c(Br)cc(CC(=O)O)cc3Br)ccc2O)=N1. The molecular formula is C20H19Br2NO5. The number of halogens is 2. The Hall–Kier alpha value is -2.06. The monoisotopic (exact) mass is 511 g/mol. The van der Waals surface area contributed by atoms with Crippen molar-refractivity contribution < 1.29 is 24.5 Å². The van der Waals surface area contributed by atoms with E-state index in [-0.39, 0.29) is 18.2 Å². The summed E-state index contributed by atoms with van der Waals surface area (Å²) in [7, 11) is 0. The third kappa shape index (κ3) is 4.67. The van der Waals surface area contributed by atoms with E-state index in [0.29, 0.717) is 50.0 Å². The predicted molar refractivity (Wildman–Crippen MR) is 112 cm³/mol. The maximum atomic E-state index is 10.9. The summed E-state index contributed by atoms with van der Waals surface area (Å²) >= 11 is 6.85. The largest absolute Gasteiger partial charge is 0.507 e. The van der Waals surface area contributed by atoms with E-state index in [1.807, 2.05) is 0 Å². The molecule has 2 aromatic rings. The van der Waals surface area contributed by atoms with E-state index in [4.69, 9.17) is 14.6 Å². The number of carboxylic acids is 1. The van der Waals surface area contributed by atoms with Gasteiger partial charge < -0.3 is 19.7 Å². The fraction of sp³-hybridized carbons (Fsp3) is 0.300. The van der Waals surface area contributed by atoms with Crippen LogP contribution in [-0.2, 0) is 16.0 Å². The zero-order valence-corrected chi connectivity index (χ0v) is 18.4. The van der Waals surface area contributed by atoms with Crippen LogP contribution in [0, 0.1) is 5.92 Å². The summed E-state index contributed by atoms with van der Waals surface area (Å²) in [6.45, 7) is 4.63. The van der Waals surface area contributed by atoms with E-state index in [2.05, 4.69) is 50.7 Å². The number of benzene rings is 2. The molecule has 1 unspecified atom stereocenters. The van der Waals surface area contributed by atoms with Gasteiger partial charge in [0.15, 0.2) is 5.75 Å². The lowest BCUT2D eigenvalue weighted by Crippen LogP contribution is -2.13. The van der Waals surface area contributed by atoms with Crippen molar-refractivity contribution in [3.8, 4) is 17.2 Å². The number of ether oxygens (including phenoxy) is 2. The highest BCUT2D eigenvalue weighted by Gasteiger charge is 2.25. The first-order valence-electron chi connectivity index (χ1n) is 8.66. The molecule has 1 heterocycles. The normalized spacial score (nSPS) is 16.0. The molecule has 6 nitrogen and oxygen atoms in total. The van der Waals surface area contributed by atoms with E-state index < -0.39 is 5.97 Å². The standard InChI is InChI=1S/C20H19Br2NO5/c1-10(2)16-9-27-20(23-16)13-8-12(3-4-17(13)24)28-19-14(21)5-11(6-15(19)22)7-18(25)26/h3-6,8,10,16,24H,7,9H2,1-2H3,(H,25,26). The summed E-state index contributed by atoms with van der Waals surface area (Å²) in [5.74, 6) is 0.879. The number of carboxylic acid groups (broad SMARTS) is 1. The van der Waals surface area contributed by atoms with Crippen molar-refractivity contribution in [2.45, 2.75) is 26.3 Å². The summed E-state index contributed by atoms with van der Waals surface area (Å²) in [5.41, 5.74) is 1.11. The number of rotatable bonds is 6. The van der Waals surface area contributed by atoms with E-state index in [9.17, 15) is 9.90 Å². The average Bonchev–Trinajstić information content (AvgIpc) is 3.09. The van der Waals surface area contributed by atoms with Crippen molar-refractivity contribution in [1.29, 1.82) is 0 Å². The van der Waals surface area contributed by atoms with Crippen LogP contribution in [-0.4, -0.2) is 34.7 Å². The smallest absolute Gasteiger partial charge is 0.307 e. The predicted octanol–water partition coefficient (Wildman–Crippen LogP) is 5.14. The summed E-state index contributed by atoms with van der Waals surface area (Å²) in [6, 6.07) is 8.29. The quantitative estimate of drug-likeness (QED) is 0.559. The first-order valence-corrected chi connectivity index (χ1v) is 10.2. The number of hydrogen-bond acceptors (Lipinski definition) is 5. The lowest BCUT2D eigenvalue weighted by Gasteiger charge is -2.13. The molecule has 28 heavy (non-hydrogen) atoms. The molecule has 0 bridgehead atoms. The van der Waals surface area contributed by atoms with Gasteiger partial charge in [0.1, 0.15) is 18.1 Å². The molecule has 3 rings (SSSR count). The van der Waals surface area contributed by atoms with Crippen LogP contribution in [0.15, 0.2) is 44.3 Å². The second kappa shape index (κ2) is 8.53. The van der Waals surface area contributed by atoms with Crippen LogP contribution in [0.2, 0.25) is 0 Å². The van der Waals surface area contributed by atoms with E-state index in [0.717, 1.165) is 0 Å². The van der Waals surface area contributed by atoms with Crippen LogP contribution in [0.5, 0.6) is 17.2 Å². The van der Waals surface area contributed by atoms with Gasteiger partial charge in [0.05, 0.1) is 27.0 Å². The molecule has 0 saturated heterocycles. The Morgan fingerprint density at radius 3 is 2.54 bits per heavy atom. The fourth-order valence-corrected chi connectivity index (χ4v) is 4.18. The van der Waals surface area contributed by atoms with Gasteiger partial charge in [-0.05, 0) is 73.7 Å². The maximum absolute atomic E-state index is 10.9. The Bertz CT molecular complexity index is 919. The van der Waals surface area contributed by atoms with Crippen LogP contribution in [0.4, 0.5) is 0 Å². The first-order chi connectivity index (χ1) is 13.2. The Labute approximate surface area is 179 Å². The molecule has 8 heteroatoms. The van der Waals surface area contributed by atoms with Crippen LogP contribution >= 0.6 is 31.9 Å². The lowest BCUT2D eigenvalue weighted by atomic mass is 10.1. The molecule has 0 aliphatic carbocycles. The van der Waals surface area contributed by atoms with Gasteiger partial charge in [0.25, 0.3) is 0 Å². The molecule has 1 atom stereocenters. The minimum Gasteiger partial charge on any atom is -0.507 e. The topological polar surface area (TPSA) is 88.4 Å². The number of nitrogens with zero attached hydrogens (tertiary/aromatic N) is 1. The third-order valence-corrected chi connectivity index (χ3v) is 5.45. The molecule has 0 aromatic heterocycles. The van der Waals surface area contributed by atoms with Crippen molar-refractivity contribution in [2.24, 2.45) is 10.9 Å². The summed E-state index contributed by atoms with van der Waals surface area (Å²) in [5, 5.41) is 19.2. The Balaban J connectivity index is 1.88. The van der Waals surface area contributed by atoms with Gasteiger partial charge in [0.2, 0.25) is 5.90 Å². The van der Waals surface area contributed by atoms with Crippen LogP contribution < -0.4 is 4.74 Å². The molecule has 1 aliphatic heterocycles. The van der Waals surface area contributed by atoms with Gasteiger partial charge in [-0.2, -0.15) is 0 Å². The zero-order valence-electron chi connectivity index (χ0n) is 15.3. The van der Waals surface area contributed by atoms with Crippen molar-refractivity contribution in [3.63, 3.8) is 0 Å². The number of aliphatic imine (C=N–C) groups is 1. The third-order valence-electron chi connectivity index (χ3n) is 4.28. The van der Waals surface area contributed by atoms with E-state index in [1.54, 1.807) is 24.3 Å². The second-order valence-electron chi connectivity index (χ2n) is 6.80. The molecule has 2 N–H and O–H groups in total. The number of carbonyl (C=O) groups is 1. The number of phenols is 1. The van der Waals surface area contributed by atoms with Crippen LogP contribution in [0.3, 0.4) is 0 Å². The van der Waals surface area contributed by atoms with Gasteiger partial charge in [0, 0.05) is 0 Å². The average molecular weight is 513 g/mol. The van der Waals surface area contributed by atoms with E-state index >= 15 is 0 Å². The highest BCUT2D eigenvalue weighted by Crippen LogP contribution is 2.39. The number of aliphatic carboxylic acids is 1. The zero-order chi connectivity index (χ0) is 20.4. The Kier molecular flexibility index (Phi) is 6.30. The first kappa shape index (κ1) is 20.7. The van der Waals surface area contributed by atoms with Crippen molar-refractivity contribution in [2.75, 3.05) is 6.61 Å². The van der Waals surface area contributed by atoms with Crippen molar-refractivity contribution in [3.05, 3.63) is 50.4 Å². The molecule has 0 radical (unpaired) electrons. The minimum atomic E-state index is -0.910. The number of hydrogen-bond donors (Lipinski definition) is 2. The lowest BCUT2D eigenvalue weighted by molar-refractivity contribution is -0.136. The maximum Gasteiger partial charge on any atom is 0.307 e. The highest BCUT2D eigenvalue weighted by molar-refractivity contribution is 9.11. The van der Waals surface area contributed by atoms with E-state index in [1.165, 1.54) is 6.07 Å². The summed E-state index contributed by atoms with van der Waals surface area (Å²) in [4.78, 5) is 15.5. The van der Waals surface area contributed by atoms with Gasteiger partial charge >= 0.3 is 5.97 Å².